The number of carbonyl (C=O) groups is 1. The molecule has 0 saturated heterocycles. The molecule has 0 saturated carbocycles. The van der Waals surface area contributed by atoms with Crippen LogP contribution in [0.25, 0.3) is 11.4 Å². The molecule has 0 atom stereocenters. The van der Waals surface area contributed by atoms with Crippen molar-refractivity contribution in [2.45, 2.75) is 13.0 Å². The molecule has 0 radical (unpaired) electrons. The first-order chi connectivity index (χ1) is 13.3. The Hall–Kier alpha value is -3.39. The van der Waals surface area contributed by atoms with Crippen molar-refractivity contribution >= 4 is 17.2 Å². The lowest BCUT2D eigenvalue weighted by Crippen LogP contribution is -2.23. The van der Waals surface area contributed by atoms with Crippen LogP contribution in [0.3, 0.4) is 0 Å². The average molecular weight is 377 g/mol. The van der Waals surface area contributed by atoms with Crippen LogP contribution in [0.1, 0.15) is 27.0 Å². The fourth-order valence-electron chi connectivity index (χ4n) is 2.45. The Morgan fingerprint density at radius 2 is 2.00 bits per heavy atom. The van der Waals surface area contributed by atoms with Crippen molar-refractivity contribution in [2.24, 2.45) is 0 Å². The molecule has 1 aromatic carbocycles. The lowest BCUT2D eigenvalue weighted by Gasteiger charge is -1.99. The Labute approximate surface area is 159 Å². The van der Waals surface area contributed by atoms with E-state index in [-0.39, 0.29) is 12.5 Å². The number of thiazole rings is 1. The predicted molar refractivity (Wildman–Crippen MR) is 100 cm³/mol. The van der Waals surface area contributed by atoms with Crippen LogP contribution in [0.5, 0.6) is 0 Å². The van der Waals surface area contributed by atoms with E-state index < -0.39 is 0 Å². The number of aromatic nitrogens is 4. The van der Waals surface area contributed by atoms with Crippen LogP contribution in [-0.4, -0.2) is 26.0 Å². The van der Waals surface area contributed by atoms with E-state index in [2.05, 4.69) is 25.4 Å². The third kappa shape index (κ3) is 4.24. The Kier molecular flexibility index (Phi) is 4.97. The van der Waals surface area contributed by atoms with Crippen molar-refractivity contribution in [1.82, 2.24) is 25.4 Å². The SMILES string of the molecule is O=C(NCc1nc(-c2cccnc2)no1)c1csc(Cc2ccccc2)n1. The average Bonchev–Trinajstić information content (AvgIpc) is 3.37. The molecule has 4 aromatic rings. The largest absolute Gasteiger partial charge is 0.342 e. The molecule has 0 fully saturated rings. The maximum absolute atomic E-state index is 12.3. The standard InChI is InChI=1S/C19H15N5O2S/c25-19(15-12-27-17(22-15)9-13-5-2-1-3-6-13)21-11-16-23-18(24-26-16)14-7-4-8-20-10-14/h1-8,10,12H,9,11H2,(H,21,25). The quantitative estimate of drug-likeness (QED) is 0.555. The van der Waals surface area contributed by atoms with E-state index in [1.807, 2.05) is 36.4 Å². The van der Waals surface area contributed by atoms with Gasteiger partial charge < -0.3 is 9.84 Å². The number of benzene rings is 1. The van der Waals surface area contributed by atoms with Crippen molar-refractivity contribution in [1.29, 1.82) is 0 Å². The van der Waals surface area contributed by atoms with Gasteiger partial charge in [-0.15, -0.1) is 11.3 Å². The minimum absolute atomic E-state index is 0.137. The predicted octanol–water partition coefficient (Wildman–Crippen LogP) is 3.11. The van der Waals surface area contributed by atoms with E-state index in [9.17, 15) is 4.79 Å². The zero-order valence-corrected chi connectivity index (χ0v) is 15.0. The van der Waals surface area contributed by atoms with Crippen LogP contribution in [0.4, 0.5) is 0 Å². The Morgan fingerprint density at radius 1 is 1.11 bits per heavy atom. The van der Waals surface area contributed by atoms with E-state index in [0.717, 1.165) is 16.1 Å². The summed E-state index contributed by atoms with van der Waals surface area (Å²) in [6, 6.07) is 13.7. The summed E-state index contributed by atoms with van der Waals surface area (Å²) in [5.74, 6) is 0.486. The molecule has 3 heterocycles. The van der Waals surface area contributed by atoms with Gasteiger partial charge in [0.05, 0.1) is 11.6 Å². The summed E-state index contributed by atoms with van der Waals surface area (Å²) in [4.78, 5) is 25.0. The number of amides is 1. The number of carbonyl (C=O) groups excluding carboxylic acids is 1. The smallest absolute Gasteiger partial charge is 0.271 e. The highest BCUT2D eigenvalue weighted by molar-refractivity contribution is 7.09. The molecule has 0 aliphatic rings. The van der Waals surface area contributed by atoms with Crippen molar-refractivity contribution in [3.8, 4) is 11.4 Å². The minimum atomic E-state index is -0.272. The van der Waals surface area contributed by atoms with Gasteiger partial charge in [-0.25, -0.2) is 4.98 Å². The zero-order valence-electron chi connectivity index (χ0n) is 14.2. The molecule has 134 valence electrons. The fourth-order valence-corrected chi connectivity index (χ4v) is 3.26. The van der Waals surface area contributed by atoms with Gasteiger partial charge in [-0.3, -0.25) is 9.78 Å². The first-order valence-corrected chi connectivity index (χ1v) is 9.15. The number of nitrogens with one attached hydrogen (secondary N) is 1. The van der Waals surface area contributed by atoms with Crippen LogP contribution in [-0.2, 0) is 13.0 Å². The Bertz CT molecular complexity index is 1030. The molecule has 1 amide bonds. The molecule has 1 N–H and O–H groups in total. The minimum Gasteiger partial charge on any atom is -0.342 e. The Balaban J connectivity index is 1.35. The van der Waals surface area contributed by atoms with Crippen molar-refractivity contribution in [3.63, 3.8) is 0 Å². The highest BCUT2D eigenvalue weighted by Crippen LogP contribution is 2.16. The van der Waals surface area contributed by atoms with Crippen LogP contribution >= 0.6 is 11.3 Å². The van der Waals surface area contributed by atoms with Crippen LogP contribution in [0.15, 0.2) is 64.8 Å². The first kappa shape index (κ1) is 17.0. The highest BCUT2D eigenvalue weighted by Gasteiger charge is 2.13. The highest BCUT2D eigenvalue weighted by atomic mass is 32.1. The van der Waals surface area contributed by atoms with Gasteiger partial charge in [0.1, 0.15) is 5.69 Å². The molecule has 0 aliphatic carbocycles. The molecule has 8 heteroatoms. The number of hydrogen-bond acceptors (Lipinski definition) is 7. The van der Waals surface area contributed by atoms with E-state index >= 15 is 0 Å². The lowest BCUT2D eigenvalue weighted by molar-refractivity contribution is 0.0942. The summed E-state index contributed by atoms with van der Waals surface area (Å²) in [5.41, 5.74) is 2.30. The summed E-state index contributed by atoms with van der Waals surface area (Å²) < 4.78 is 5.17. The maximum Gasteiger partial charge on any atom is 0.271 e. The fraction of sp³-hybridized carbons (Fsp3) is 0.105. The van der Waals surface area contributed by atoms with Gasteiger partial charge in [-0.2, -0.15) is 4.98 Å². The van der Waals surface area contributed by atoms with Crippen molar-refractivity contribution in [2.75, 3.05) is 0 Å². The lowest BCUT2D eigenvalue weighted by atomic mass is 10.2. The summed E-state index contributed by atoms with van der Waals surface area (Å²) in [5, 5.41) is 9.29. The Morgan fingerprint density at radius 3 is 2.81 bits per heavy atom. The van der Waals surface area contributed by atoms with E-state index in [1.165, 1.54) is 11.3 Å². The summed E-state index contributed by atoms with van der Waals surface area (Å²) >= 11 is 1.47. The second kappa shape index (κ2) is 7.88. The molecular weight excluding hydrogens is 362 g/mol. The van der Waals surface area contributed by atoms with Crippen LogP contribution in [0, 0.1) is 0 Å². The van der Waals surface area contributed by atoms with Crippen LogP contribution < -0.4 is 5.32 Å². The van der Waals surface area contributed by atoms with Gasteiger partial charge in [-0.1, -0.05) is 35.5 Å². The summed E-state index contributed by atoms with van der Waals surface area (Å²) in [6.45, 7) is 0.137. The van der Waals surface area contributed by atoms with E-state index in [1.54, 1.807) is 23.8 Å². The molecule has 3 aromatic heterocycles. The number of nitrogens with zero attached hydrogens (tertiary/aromatic N) is 4. The van der Waals surface area contributed by atoms with E-state index in [0.29, 0.717) is 23.8 Å². The molecule has 7 nitrogen and oxygen atoms in total. The van der Waals surface area contributed by atoms with Crippen LogP contribution in [0.2, 0.25) is 0 Å². The third-order valence-electron chi connectivity index (χ3n) is 3.77. The maximum atomic E-state index is 12.3. The van der Waals surface area contributed by atoms with Gasteiger partial charge >= 0.3 is 0 Å². The van der Waals surface area contributed by atoms with Gasteiger partial charge in [0.2, 0.25) is 11.7 Å². The van der Waals surface area contributed by atoms with Gasteiger partial charge in [0, 0.05) is 29.8 Å². The molecule has 0 bridgehead atoms. The number of hydrogen-bond donors (Lipinski definition) is 1. The monoisotopic (exact) mass is 377 g/mol. The molecule has 4 rings (SSSR count). The second-order valence-corrected chi connectivity index (χ2v) is 6.67. The number of pyridine rings is 1. The molecule has 0 unspecified atom stereocenters. The summed E-state index contributed by atoms with van der Waals surface area (Å²) in [6.07, 6.45) is 4.03. The molecule has 27 heavy (non-hydrogen) atoms. The molecular formula is C19H15N5O2S. The van der Waals surface area contributed by atoms with Gasteiger partial charge in [0.15, 0.2) is 0 Å². The second-order valence-electron chi connectivity index (χ2n) is 5.72. The topological polar surface area (TPSA) is 93.8 Å². The third-order valence-corrected chi connectivity index (χ3v) is 4.62. The zero-order chi connectivity index (χ0) is 18.5. The normalized spacial score (nSPS) is 10.7. The first-order valence-electron chi connectivity index (χ1n) is 8.27. The summed E-state index contributed by atoms with van der Waals surface area (Å²) in [7, 11) is 0. The van der Waals surface area contributed by atoms with Crippen molar-refractivity contribution in [3.05, 3.63) is 82.4 Å². The van der Waals surface area contributed by atoms with Gasteiger partial charge in [0.25, 0.3) is 5.91 Å². The van der Waals surface area contributed by atoms with E-state index in [4.69, 9.17) is 4.52 Å². The van der Waals surface area contributed by atoms with Gasteiger partial charge in [-0.05, 0) is 17.7 Å². The number of rotatable bonds is 6. The molecule has 0 spiro atoms. The molecule has 0 aliphatic heterocycles. The van der Waals surface area contributed by atoms with Crippen molar-refractivity contribution < 1.29 is 9.32 Å².